The highest BCUT2D eigenvalue weighted by atomic mass is 32.1. The predicted octanol–water partition coefficient (Wildman–Crippen LogP) is 4.32. The molecule has 0 unspecified atom stereocenters. The molecule has 0 aliphatic heterocycles. The molecule has 0 aliphatic rings. The summed E-state index contributed by atoms with van der Waals surface area (Å²) in [6.45, 7) is 8.70. The fourth-order valence-electron chi connectivity index (χ4n) is 3.18. The number of amides is 1. The van der Waals surface area contributed by atoms with E-state index in [1.165, 1.54) is 10.4 Å². The van der Waals surface area contributed by atoms with Crippen LogP contribution in [0.5, 0.6) is 0 Å². The number of aryl methyl sites for hydroxylation is 2. The quantitative estimate of drug-likeness (QED) is 0.485. The van der Waals surface area contributed by atoms with E-state index in [0.717, 1.165) is 33.6 Å². The molecule has 0 aliphatic carbocycles. The molecule has 2 aromatic heterocycles. The van der Waals surface area contributed by atoms with Crippen LogP contribution in [0.1, 0.15) is 30.2 Å². The summed E-state index contributed by atoms with van der Waals surface area (Å²) in [6, 6.07) is 8.50. The number of hydrogen-bond acceptors (Lipinski definition) is 6. The maximum atomic E-state index is 12.0. The van der Waals surface area contributed by atoms with Crippen molar-refractivity contribution in [2.24, 2.45) is 0 Å². The van der Waals surface area contributed by atoms with Crippen molar-refractivity contribution in [1.82, 2.24) is 15.3 Å². The number of fused-ring (bicyclic) bond motifs is 1. The van der Waals surface area contributed by atoms with Crippen LogP contribution >= 0.6 is 11.3 Å². The van der Waals surface area contributed by atoms with Gasteiger partial charge in [0, 0.05) is 43.2 Å². The second-order valence-electron chi connectivity index (χ2n) is 6.88. The smallest absolute Gasteiger partial charge is 0.221 e. The predicted molar refractivity (Wildman–Crippen MR) is 120 cm³/mol. The number of aromatic nitrogens is 2. The van der Waals surface area contributed by atoms with Gasteiger partial charge in [-0.1, -0.05) is 29.8 Å². The van der Waals surface area contributed by atoms with E-state index in [9.17, 15) is 4.79 Å². The number of hydrogen-bond donors (Lipinski definition) is 2. The molecule has 0 fully saturated rings. The molecule has 3 aromatic rings. The Morgan fingerprint density at radius 3 is 2.69 bits per heavy atom. The Bertz CT molecular complexity index is 953. The summed E-state index contributed by atoms with van der Waals surface area (Å²) in [5.74, 6) is 0.804. The topological polar surface area (TPSA) is 76.1 Å². The zero-order valence-electron chi connectivity index (χ0n) is 17.2. The van der Waals surface area contributed by atoms with Crippen molar-refractivity contribution in [3.63, 3.8) is 0 Å². The minimum Gasteiger partial charge on any atom is -0.382 e. The molecule has 29 heavy (non-hydrogen) atoms. The molecule has 1 amide bonds. The molecule has 2 N–H and O–H groups in total. The van der Waals surface area contributed by atoms with Crippen molar-refractivity contribution in [2.75, 3.05) is 31.6 Å². The maximum absolute atomic E-state index is 12.0. The summed E-state index contributed by atoms with van der Waals surface area (Å²) in [4.78, 5) is 23.1. The Morgan fingerprint density at radius 2 is 1.93 bits per heavy atom. The Balaban J connectivity index is 1.67. The highest BCUT2D eigenvalue weighted by Crippen LogP contribution is 2.40. The first-order valence-electron chi connectivity index (χ1n) is 9.99. The summed E-state index contributed by atoms with van der Waals surface area (Å²) in [6.07, 6.45) is 2.80. The number of benzene rings is 1. The van der Waals surface area contributed by atoms with Gasteiger partial charge in [-0.15, -0.1) is 11.3 Å². The van der Waals surface area contributed by atoms with Gasteiger partial charge < -0.3 is 15.4 Å². The van der Waals surface area contributed by atoms with Crippen molar-refractivity contribution in [3.8, 4) is 11.1 Å². The third kappa shape index (κ3) is 5.52. The van der Waals surface area contributed by atoms with Gasteiger partial charge in [0.1, 0.15) is 17.0 Å². The number of nitrogens with zero attached hydrogens (tertiary/aromatic N) is 2. The summed E-state index contributed by atoms with van der Waals surface area (Å²) in [7, 11) is 0. The normalized spacial score (nSPS) is 11.0. The molecule has 0 bridgehead atoms. The monoisotopic (exact) mass is 412 g/mol. The first kappa shape index (κ1) is 21.2. The summed E-state index contributed by atoms with van der Waals surface area (Å²) in [5.41, 5.74) is 3.55. The van der Waals surface area contributed by atoms with Gasteiger partial charge in [-0.25, -0.2) is 9.97 Å². The van der Waals surface area contributed by atoms with E-state index in [1.807, 2.05) is 6.92 Å². The molecule has 7 heteroatoms. The second kappa shape index (κ2) is 10.3. The van der Waals surface area contributed by atoms with Crippen LogP contribution in [0.2, 0.25) is 0 Å². The summed E-state index contributed by atoms with van der Waals surface area (Å²) >= 11 is 1.67. The largest absolute Gasteiger partial charge is 0.382 e. The minimum atomic E-state index is 0.0274. The lowest BCUT2D eigenvalue weighted by atomic mass is 10.0. The lowest BCUT2D eigenvalue weighted by molar-refractivity contribution is -0.120. The minimum absolute atomic E-state index is 0.0274. The number of carbonyl (C=O) groups is 1. The van der Waals surface area contributed by atoms with Crippen molar-refractivity contribution in [2.45, 2.75) is 33.6 Å². The number of nitrogens with one attached hydrogen (secondary N) is 2. The van der Waals surface area contributed by atoms with Gasteiger partial charge in [0.2, 0.25) is 5.91 Å². The highest BCUT2D eigenvalue weighted by molar-refractivity contribution is 7.19. The van der Waals surface area contributed by atoms with Crippen molar-refractivity contribution < 1.29 is 9.53 Å². The number of carbonyl (C=O) groups excluding carboxylic acids is 1. The van der Waals surface area contributed by atoms with Crippen LogP contribution in [0.25, 0.3) is 21.3 Å². The number of ether oxygens (including phenoxy) is 1. The molecular formula is C22H28N4O2S. The second-order valence-corrected chi connectivity index (χ2v) is 8.08. The Morgan fingerprint density at radius 1 is 1.14 bits per heavy atom. The maximum Gasteiger partial charge on any atom is 0.221 e. The zero-order valence-corrected chi connectivity index (χ0v) is 18.1. The molecule has 2 heterocycles. The Hall–Kier alpha value is -2.51. The zero-order chi connectivity index (χ0) is 20.6. The van der Waals surface area contributed by atoms with Gasteiger partial charge in [0.25, 0.3) is 0 Å². The fraction of sp³-hybridized carbons (Fsp3) is 0.409. The Labute approximate surface area is 175 Å². The molecule has 154 valence electrons. The lowest BCUT2D eigenvalue weighted by Gasteiger charge is -2.10. The molecule has 0 spiro atoms. The molecule has 0 radical (unpaired) electrons. The average Bonchev–Trinajstić information content (AvgIpc) is 3.05. The van der Waals surface area contributed by atoms with E-state index in [4.69, 9.17) is 4.74 Å². The summed E-state index contributed by atoms with van der Waals surface area (Å²) < 4.78 is 5.27. The van der Waals surface area contributed by atoms with Gasteiger partial charge in [-0.05, 0) is 32.8 Å². The SMILES string of the molecule is CCOCCCNC(=O)CCNc1ncnc2sc(C)c(-c3ccc(C)cc3)c12. The first-order chi connectivity index (χ1) is 14.1. The Kier molecular flexibility index (Phi) is 7.55. The van der Waals surface area contributed by atoms with Gasteiger partial charge in [-0.2, -0.15) is 0 Å². The van der Waals surface area contributed by atoms with E-state index < -0.39 is 0 Å². The van der Waals surface area contributed by atoms with E-state index in [1.54, 1.807) is 17.7 Å². The van der Waals surface area contributed by atoms with Gasteiger partial charge in [0.15, 0.2) is 0 Å². The molecule has 0 saturated heterocycles. The lowest BCUT2D eigenvalue weighted by Crippen LogP contribution is -2.27. The van der Waals surface area contributed by atoms with E-state index in [2.05, 4.69) is 58.7 Å². The fourth-order valence-corrected chi connectivity index (χ4v) is 4.19. The molecule has 6 nitrogen and oxygen atoms in total. The van der Waals surface area contributed by atoms with Gasteiger partial charge >= 0.3 is 0 Å². The van der Waals surface area contributed by atoms with E-state index in [-0.39, 0.29) is 5.91 Å². The third-order valence-corrected chi connectivity index (χ3v) is 5.65. The molecule has 1 aromatic carbocycles. The molecule has 3 rings (SSSR count). The highest BCUT2D eigenvalue weighted by Gasteiger charge is 2.16. The van der Waals surface area contributed by atoms with Crippen LogP contribution in [-0.4, -0.2) is 42.2 Å². The van der Waals surface area contributed by atoms with E-state index >= 15 is 0 Å². The van der Waals surface area contributed by atoms with E-state index in [0.29, 0.717) is 32.7 Å². The number of rotatable bonds is 10. The molecule has 0 atom stereocenters. The van der Waals surface area contributed by atoms with Crippen LogP contribution in [0, 0.1) is 13.8 Å². The van der Waals surface area contributed by atoms with Crippen LogP contribution < -0.4 is 10.6 Å². The van der Waals surface area contributed by atoms with Gasteiger partial charge in [-0.3, -0.25) is 4.79 Å². The number of thiophene rings is 1. The first-order valence-corrected chi connectivity index (χ1v) is 10.8. The van der Waals surface area contributed by atoms with Crippen molar-refractivity contribution >= 4 is 33.3 Å². The number of anilines is 1. The third-order valence-electron chi connectivity index (χ3n) is 4.64. The molecule has 0 saturated carbocycles. The van der Waals surface area contributed by atoms with Gasteiger partial charge in [0.05, 0.1) is 5.39 Å². The molecular weight excluding hydrogens is 384 g/mol. The van der Waals surface area contributed by atoms with Crippen LogP contribution in [0.4, 0.5) is 5.82 Å². The van der Waals surface area contributed by atoms with Crippen LogP contribution in [0.15, 0.2) is 30.6 Å². The standard InChI is InChI=1S/C22H28N4O2S/c1-4-28-13-5-11-23-18(27)10-12-24-21-20-19(17-8-6-15(2)7-9-17)16(3)29-22(20)26-14-25-21/h6-9,14H,4-5,10-13H2,1-3H3,(H,23,27)(H,24,25,26). The van der Waals surface area contributed by atoms with Crippen molar-refractivity contribution in [1.29, 1.82) is 0 Å². The van der Waals surface area contributed by atoms with Crippen LogP contribution in [0.3, 0.4) is 0 Å². The van der Waals surface area contributed by atoms with Crippen molar-refractivity contribution in [3.05, 3.63) is 41.0 Å². The summed E-state index contributed by atoms with van der Waals surface area (Å²) in [5, 5.41) is 7.28. The van der Waals surface area contributed by atoms with Crippen LogP contribution in [-0.2, 0) is 9.53 Å². The average molecular weight is 413 g/mol.